The van der Waals surface area contributed by atoms with Crippen LogP contribution in [0.15, 0.2) is 24.3 Å². The maximum absolute atomic E-state index is 11.0. The Labute approximate surface area is 83.1 Å². The van der Waals surface area contributed by atoms with Crippen LogP contribution in [0.1, 0.15) is 17.9 Å². The fourth-order valence-electron chi connectivity index (χ4n) is 1.72. The second-order valence-electron chi connectivity index (χ2n) is 3.48. The Bertz CT molecular complexity index is 332. The first-order chi connectivity index (χ1) is 6.79. The summed E-state index contributed by atoms with van der Waals surface area (Å²) in [5.74, 6) is 1.32. The lowest BCUT2D eigenvalue weighted by molar-refractivity contribution is -0.119. The van der Waals surface area contributed by atoms with Gasteiger partial charge in [-0.3, -0.25) is 4.79 Å². The summed E-state index contributed by atoms with van der Waals surface area (Å²) in [7, 11) is 1.65. The fourth-order valence-corrected chi connectivity index (χ4v) is 1.72. The Balaban J connectivity index is 2.13. The molecule has 0 aromatic heterocycles. The minimum Gasteiger partial charge on any atom is -0.497 e. The van der Waals surface area contributed by atoms with Gasteiger partial charge in [-0.1, -0.05) is 12.1 Å². The summed E-state index contributed by atoms with van der Waals surface area (Å²) in [6, 6.07) is 7.89. The van der Waals surface area contributed by atoms with Crippen molar-refractivity contribution in [1.82, 2.24) is 5.32 Å². The van der Waals surface area contributed by atoms with Crippen molar-refractivity contribution in [2.75, 3.05) is 13.7 Å². The molecule has 1 saturated heterocycles. The van der Waals surface area contributed by atoms with Gasteiger partial charge in [-0.2, -0.15) is 0 Å². The molecular formula is C11H13NO2. The van der Waals surface area contributed by atoms with Gasteiger partial charge in [-0.25, -0.2) is 0 Å². The van der Waals surface area contributed by atoms with Crippen LogP contribution >= 0.6 is 0 Å². The molecule has 1 aliphatic heterocycles. The van der Waals surface area contributed by atoms with E-state index in [1.807, 2.05) is 24.3 Å². The van der Waals surface area contributed by atoms with E-state index in [0.29, 0.717) is 12.3 Å². The molecule has 1 heterocycles. The highest BCUT2D eigenvalue weighted by atomic mass is 16.5. The monoisotopic (exact) mass is 191 g/mol. The number of rotatable bonds is 2. The van der Waals surface area contributed by atoms with Gasteiger partial charge in [0, 0.05) is 18.9 Å². The molecule has 0 radical (unpaired) electrons. The standard InChI is InChI=1S/C11H13NO2/c1-14-10-4-2-8(3-5-10)9-6-11(13)12-7-9/h2-5,9H,6-7H2,1H3,(H,12,13)/t9-/m0/s1. The Kier molecular flexibility index (Phi) is 2.39. The number of hydrogen-bond acceptors (Lipinski definition) is 2. The van der Waals surface area contributed by atoms with Crippen LogP contribution in [-0.2, 0) is 4.79 Å². The van der Waals surface area contributed by atoms with E-state index < -0.39 is 0 Å². The van der Waals surface area contributed by atoms with Gasteiger partial charge in [0.05, 0.1) is 7.11 Å². The first-order valence-electron chi connectivity index (χ1n) is 4.70. The van der Waals surface area contributed by atoms with Crippen molar-refractivity contribution < 1.29 is 9.53 Å². The normalized spacial score (nSPS) is 20.6. The number of hydrogen-bond donors (Lipinski definition) is 1. The summed E-state index contributed by atoms with van der Waals surface area (Å²) in [5, 5.41) is 2.83. The van der Waals surface area contributed by atoms with E-state index in [1.165, 1.54) is 5.56 Å². The third kappa shape index (κ3) is 1.71. The second kappa shape index (κ2) is 3.70. The molecule has 0 aliphatic carbocycles. The SMILES string of the molecule is COc1ccc([C@@H]2CNC(=O)C2)cc1. The van der Waals surface area contributed by atoms with Gasteiger partial charge in [0.15, 0.2) is 0 Å². The number of benzene rings is 1. The fraction of sp³-hybridized carbons (Fsp3) is 0.364. The molecule has 0 bridgehead atoms. The van der Waals surface area contributed by atoms with Crippen molar-refractivity contribution in [3.63, 3.8) is 0 Å². The minimum atomic E-state index is 0.144. The highest BCUT2D eigenvalue weighted by Gasteiger charge is 2.22. The van der Waals surface area contributed by atoms with E-state index in [-0.39, 0.29) is 5.91 Å². The van der Waals surface area contributed by atoms with Crippen LogP contribution in [0.5, 0.6) is 5.75 Å². The Morgan fingerprint density at radius 2 is 2.07 bits per heavy atom. The zero-order valence-corrected chi connectivity index (χ0v) is 8.12. The average Bonchev–Trinajstić information content (AvgIpc) is 2.65. The number of carbonyl (C=O) groups excluding carboxylic acids is 1. The molecule has 0 unspecified atom stereocenters. The molecule has 1 fully saturated rings. The lowest BCUT2D eigenvalue weighted by atomic mass is 9.98. The predicted octanol–water partition coefficient (Wildman–Crippen LogP) is 1.30. The Hall–Kier alpha value is -1.51. The maximum atomic E-state index is 11.0. The molecule has 1 atom stereocenters. The van der Waals surface area contributed by atoms with Gasteiger partial charge in [-0.15, -0.1) is 0 Å². The summed E-state index contributed by atoms with van der Waals surface area (Å²) in [4.78, 5) is 11.0. The summed E-state index contributed by atoms with van der Waals surface area (Å²) < 4.78 is 5.07. The van der Waals surface area contributed by atoms with Crippen LogP contribution in [-0.4, -0.2) is 19.6 Å². The molecule has 0 saturated carbocycles. The van der Waals surface area contributed by atoms with Gasteiger partial charge >= 0.3 is 0 Å². The van der Waals surface area contributed by atoms with Gasteiger partial charge in [0.25, 0.3) is 0 Å². The van der Waals surface area contributed by atoms with Crippen molar-refractivity contribution in [1.29, 1.82) is 0 Å². The van der Waals surface area contributed by atoms with Gasteiger partial charge < -0.3 is 10.1 Å². The Morgan fingerprint density at radius 1 is 1.36 bits per heavy atom. The van der Waals surface area contributed by atoms with E-state index in [1.54, 1.807) is 7.11 Å². The van der Waals surface area contributed by atoms with E-state index in [9.17, 15) is 4.79 Å². The van der Waals surface area contributed by atoms with Crippen molar-refractivity contribution in [2.24, 2.45) is 0 Å². The summed E-state index contributed by atoms with van der Waals surface area (Å²) in [5.41, 5.74) is 1.20. The molecule has 1 N–H and O–H groups in total. The van der Waals surface area contributed by atoms with E-state index in [2.05, 4.69) is 5.32 Å². The molecule has 74 valence electrons. The molecule has 1 aromatic rings. The van der Waals surface area contributed by atoms with E-state index in [4.69, 9.17) is 4.74 Å². The molecule has 14 heavy (non-hydrogen) atoms. The van der Waals surface area contributed by atoms with Gasteiger partial charge in [0.2, 0.25) is 5.91 Å². The van der Waals surface area contributed by atoms with Crippen LogP contribution in [0.2, 0.25) is 0 Å². The molecule has 1 aliphatic rings. The highest BCUT2D eigenvalue weighted by Crippen LogP contribution is 2.24. The van der Waals surface area contributed by atoms with Crippen molar-refractivity contribution in [2.45, 2.75) is 12.3 Å². The minimum absolute atomic E-state index is 0.144. The van der Waals surface area contributed by atoms with Gasteiger partial charge in [0.1, 0.15) is 5.75 Å². The van der Waals surface area contributed by atoms with Crippen LogP contribution in [0.4, 0.5) is 0 Å². The molecule has 3 heteroatoms. The average molecular weight is 191 g/mol. The lowest BCUT2D eigenvalue weighted by Gasteiger charge is -2.07. The largest absolute Gasteiger partial charge is 0.497 e. The first-order valence-corrected chi connectivity index (χ1v) is 4.70. The van der Waals surface area contributed by atoms with Crippen LogP contribution in [0, 0.1) is 0 Å². The molecule has 2 rings (SSSR count). The highest BCUT2D eigenvalue weighted by molar-refractivity contribution is 5.79. The first kappa shape index (κ1) is 9.06. The third-order valence-electron chi connectivity index (χ3n) is 2.56. The van der Waals surface area contributed by atoms with Crippen LogP contribution < -0.4 is 10.1 Å². The van der Waals surface area contributed by atoms with Crippen LogP contribution in [0.3, 0.4) is 0 Å². The van der Waals surface area contributed by atoms with Crippen molar-refractivity contribution in [3.8, 4) is 5.75 Å². The zero-order chi connectivity index (χ0) is 9.97. The number of methoxy groups -OCH3 is 1. The topological polar surface area (TPSA) is 38.3 Å². The van der Waals surface area contributed by atoms with Gasteiger partial charge in [-0.05, 0) is 17.7 Å². The molecule has 1 amide bonds. The maximum Gasteiger partial charge on any atom is 0.220 e. The lowest BCUT2D eigenvalue weighted by Crippen LogP contribution is -2.13. The summed E-state index contributed by atoms with van der Waals surface area (Å²) in [6.07, 6.45) is 0.604. The van der Waals surface area contributed by atoms with Crippen LogP contribution in [0.25, 0.3) is 0 Å². The number of ether oxygens (including phenoxy) is 1. The quantitative estimate of drug-likeness (QED) is 0.765. The predicted molar refractivity (Wildman–Crippen MR) is 53.4 cm³/mol. The third-order valence-corrected chi connectivity index (χ3v) is 2.56. The van der Waals surface area contributed by atoms with E-state index in [0.717, 1.165) is 12.3 Å². The van der Waals surface area contributed by atoms with E-state index >= 15 is 0 Å². The number of carbonyl (C=O) groups is 1. The summed E-state index contributed by atoms with van der Waals surface area (Å²) >= 11 is 0. The van der Waals surface area contributed by atoms with Crippen molar-refractivity contribution >= 4 is 5.91 Å². The number of amides is 1. The molecule has 1 aromatic carbocycles. The van der Waals surface area contributed by atoms with Crippen molar-refractivity contribution in [3.05, 3.63) is 29.8 Å². The number of nitrogens with one attached hydrogen (secondary N) is 1. The molecular weight excluding hydrogens is 178 g/mol. The molecule has 3 nitrogen and oxygen atoms in total. The summed E-state index contributed by atoms with van der Waals surface area (Å²) in [6.45, 7) is 0.755. The molecule has 0 spiro atoms. The smallest absolute Gasteiger partial charge is 0.220 e. The Morgan fingerprint density at radius 3 is 2.57 bits per heavy atom. The zero-order valence-electron chi connectivity index (χ0n) is 8.12. The second-order valence-corrected chi connectivity index (χ2v) is 3.48.